The molecule has 0 bridgehead atoms. The average molecular weight is 507 g/mol. The van der Waals surface area contributed by atoms with Gasteiger partial charge in [0, 0.05) is 41.0 Å². The van der Waals surface area contributed by atoms with Crippen molar-refractivity contribution in [2.75, 3.05) is 6.54 Å². The second-order valence-electron chi connectivity index (χ2n) is 7.89. The maximum Gasteiger partial charge on any atom is 0.293 e. The van der Waals surface area contributed by atoms with E-state index in [-0.39, 0.29) is 27.6 Å². The molecule has 36 heavy (non-hydrogen) atoms. The number of furan rings is 1. The number of hydrogen-bond acceptors (Lipinski definition) is 9. The number of amides is 2. The van der Waals surface area contributed by atoms with Crippen molar-refractivity contribution in [1.29, 1.82) is 0 Å². The Morgan fingerprint density at radius 2 is 1.72 bits per heavy atom. The van der Waals surface area contributed by atoms with Crippen molar-refractivity contribution in [3.63, 3.8) is 0 Å². The molecular formula is C24H17N3O8S. The van der Waals surface area contributed by atoms with Crippen LogP contribution in [0.25, 0.3) is 17.4 Å². The summed E-state index contributed by atoms with van der Waals surface area (Å²) in [7, 11) is 0. The van der Waals surface area contributed by atoms with Crippen molar-refractivity contribution in [3.05, 3.63) is 96.1 Å². The number of nitro groups is 2. The van der Waals surface area contributed by atoms with Gasteiger partial charge in [-0.2, -0.15) is 0 Å². The van der Waals surface area contributed by atoms with Crippen LogP contribution in [0.2, 0.25) is 0 Å². The lowest BCUT2D eigenvalue weighted by Crippen LogP contribution is -2.33. The fourth-order valence-corrected chi connectivity index (χ4v) is 4.35. The minimum absolute atomic E-state index is 0.0400. The first kappa shape index (κ1) is 24.5. The monoisotopic (exact) mass is 507 g/mol. The first-order chi connectivity index (χ1) is 17.0. The van der Waals surface area contributed by atoms with Crippen LogP contribution >= 0.6 is 11.8 Å². The van der Waals surface area contributed by atoms with Crippen LogP contribution in [0.1, 0.15) is 27.2 Å². The van der Waals surface area contributed by atoms with E-state index in [9.17, 15) is 34.6 Å². The molecule has 0 saturated carbocycles. The summed E-state index contributed by atoms with van der Waals surface area (Å²) in [6.45, 7) is 2.90. The summed E-state index contributed by atoms with van der Waals surface area (Å²) in [6, 6.07) is 11.2. The molecule has 11 nitrogen and oxygen atoms in total. The van der Waals surface area contributed by atoms with Crippen LogP contribution in [0.4, 0.5) is 16.2 Å². The highest BCUT2D eigenvalue weighted by molar-refractivity contribution is 8.18. The van der Waals surface area contributed by atoms with Crippen LogP contribution in [0.5, 0.6) is 0 Å². The zero-order chi connectivity index (χ0) is 26.1. The topological polar surface area (TPSA) is 154 Å². The number of thioether (sulfide) groups is 1. The van der Waals surface area contributed by atoms with Crippen LogP contribution in [0.15, 0.2) is 57.9 Å². The lowest BCUT2D eigenvalue weighted by atomic mass is 10.0. The number of nitro benzene ring substituents is 2. The van der Waals surface area contributed by atoms with Crippen molar-refractivity contribution >= 4 is 46.1 Å². The summed E-state index contributed by atoms with van der Waals surface area (Å²) in [5, 5.41) is 21.5. The van der Waals surface area contributed by atoms with Crippen LogP contribution in [0.3, 0.4) is 0 Å². The zero-order valence-electron chi connectivity index (χ0n) is 18.9. The van der Waals surface area contributed by atoms with Gasteiger partial charge in [0.05, 0.1) is 21.3 Å². The number of carbonyl (C=O) groups is 3. The first-order valence-electron chi connectivity index (χ1n) is 10.4. The summed E-state index contributed by atoms with van der Waals surface area (Å²) < 4.78 is 5.74. The summed E-state index contributed by atoms with van der Waals surface area (Å²) in [5.74, 6) is -0.636. The number of ketones is 1. The maximum absolute atomic E-state index is 12.8. The molecular weight excluding hydrogens is 490 g/mol. The number of aryl methyl sites for hydroxylation is 1. The van der Waals surface area contributed by atoms with Gasteiger partial charge in [0.25, 0.3) is 22.5 Å². The summed E-state index contributed by atoms with van der Waals surface area (Å²) in [4.78, 5) is 59.5. The Hall–Kier alpha value is -4.58. The van der Waals surface area contributed by atoms with Crippen LogP contribution in [-0.4, -0.2) is 38.2 Å². The van der Waals surface area contributed by atoms with Crippen LogP contribution in [0, 0.1) is 34.1 Å². The normalized spacial score (nSPS) is 14.5. The Labute approximate surface area is 207 Å². The Balaban J connectivity index is 1.52. The molecule has 4 rings (SSSR count). The first-order valence-corrected chi connectivity index (χ1v) is 11.3. The molecule has 3 aromatic rings. The lowest BCUT2D eigenvalue weighted by Gasteiger charge is -2.11. The van der Waals surface area contributed by atoms with E-state index in [4.69, 9.17) is 4.42 Å². The molecule has 0 unspecified atom stereocenters. The van der Waals surface area contributed by atoms with Crippen LogP contribution in [-0.2, 0) is 4.79 Å². The van der Waals surface area contributed by atoms with E-state index >= 15 is 0 Å². The highest BCUT2D eigenvalue weighted by atomic mass is 32.2. The van der Waals surface area contributed by atoms with Gasteiger partial charge in [0.15, 0.2) is 5.78 Å². The molecule has 1 saturated heterocycles. The third-order valence-corrected chi connectivity index (χ3v) is 6.50. The Morgan fingerprint density at radius 1 is 1.03 bits per heavy atom. The molecule has 2 heterocycles. The minimum Gasteiger partial charge on any atom is -0.457 e. The van der Waals surface area contributed by atoms with E-state index < -0.39 is 33.3 Å². The van der Waals surface area contributed by atoms with Crippen molar-refractivity contribution < 1.29 is 28.6 Å². The summed E-state index contributed by atoms with van der Waals surface area (Å²) in [6.07, 6.45) is 1.36. The van der Waals surface area contributed by atoms with Gasteiger partial charge in [0.2, 0.25) is 0 Å². The minimum atomic E-state index is -0.681. The van der Waals surface area contributed by atoms with E-state index in [0.29, 0.717) is 28.6 Å². The van der Waals surface area contributed by atoms with Crippen molar-refractivity contribution in [3.8, 4) is 11.3 Å². The molecule has 0 atom stereocenters. The second kappa shape index (κ2) is 9.58. The average Bonchev–Trinajstić information content (AvgIpc) is 3.40. The van der Waals surface area contributed by atoms with E-state index in [1.165, 1.54) is 36.4 Å². The van der Waals surface area contributed by atoms with E-state index in [2.05, 4.69) is 0 Å². The molecule has 1 aliphatic heterocycles. The molecule has 12 heteroatoms. The standard InChI is InChI=1S/C24H17N3O8S/c1-13-9-16(10-19(14(13)2)27(33)34)21-8-7-18(35-21)11-22-23(29)25(24(30)36-22)12-20(28)15-3-5-17(6-4-15)26(31)32/h3-11H,12H2,1-2H3/b22-11+. The van der Waals surface area contributed by atoms with E-state index in [1.54, 1.807) is 32.0 Å². The van der Waals surface area contributed by atoms with Gasteiger partial charge in [-0.1, -0.05) is 0 Å². The maximum atomic E-state index is 12.8. The quantitative estimate of drug-likeness (QED) is 0.179. The fraction of sp³-hybridized carbons (Fsp3) is 0.125. The Bertz CT molecular complexity index is 1470. The van der Waals surface area contributed by atoms with Crippen molar-refractivity contribution in [2.24, 2.45) is 0 Å². The lowest BCUT2D eigenvalue weighted by molar-refractivity contribution is -0.385. The number of non-ortho nitro benzene ring substituents is 1. The SMILES string of the molecule is Cc1cc(-c2ccc(/C=C3/SC(=O)N(CC(=O)c4ccc([N+](=O)[O-])cc4)C3=O)o2)cc([N+](=O)[O-])c1C. The van der Waals surface area contributed by atoms with E-state index in [0.717, 1.165) is 10.5 Å². The predicted molar refractivity (Wildman–Crippen MR) is 130 cm³/mol. The largest absolute Gasteiger partial charge is 0.457 e. The number of rotatable bonds is 7. The summed E-state index contributed by atoms with van der Waals surface area (Å²) in [5.41, 5.74) is 1.66. The number of carbonyl (C=O) groups excluding carboxylic acids is 3. The van der Waals surface area contributed by atoms with Gasteiger partial charge in [-0.25, -0.2) is 0 Å². The second-order valence-corrected chi connectivity index (χ2v) is 8.88. The van der Waals surface area contributed by atoms with Crippen LogP contribution < -0.4 is 0 Å². The van der Waals surface area contributed by atoms with E-state index in [1.807, 2.05) is 0 Å². The van der Waals surface area contributed by atoms with Crippen molar-refractivity contribution in [2.45, 2.75) is 13.8 Å². The van der Waals surface area contributed by atoms with Crippen molar-refractivity contribution in [1.82, 2.24) is 4.90 Å². The Morgan fingerprint density at radius 3 is 2.36 bits per heavy atom. The molecule has 0 spiro atoms. The molecule has 182 valence electrons. The number of Topliss-reactive ketones (excluding diaryl/α,β-unsaturated/α-hetero) is 1. The van der Waals surface area contributed by atoms with Gasteiger partial charge in [-0.05, 0) is 61.5 Å². The van der Waals surface area contributed by atoms with Gasteiger partial charge >= 0.3 is 0 Å². The highest BCUT2D eigenvalue weighted by Gasteiger charge is 2.36. The van der Waals surface area contributed by atoms with Gasteiger partial charge < -0.3 is 4.42 Å². The molecule has 2 amide bonds. The molecule has 0 radical (unpaired) electrons. The fourth-order valence-electron chi connectivity index (χ4n) is 3.53. The third-order valence-electron chi connectivity index (χ3n) is 5.60. The number of imide groups is 1. The zero-order valence-corrected chi connectivity index (χ0v) is 19.7. The number of benzene rings is 2. The van der Waals surface area contributed by atoms with Gasteiger partial charge in [0.1, 0.15) is 11.5 Å². The molecule has 1 aliphatic rings. The smallest absolute Gasteiger partial charge is 0.293 e. The predicted octanol–water partition coefficient (Wildman–Crippen LogP) is 5.30. The molecule has 1 fully saturated rings. The molecule has 0 aliphatic carbocycles. The van der Waals surface area contributed by atoms with Gasteiger partial charge in [-0.3, -0.25) is 39.5 Å². The molecule has 0 N–H and O–H groups in total. The third kappa shape index (κ3) is 4.79. The Kier molecular flexibility index (Phi) is 6.53. The number of nitrogens with zero attached hydrogens (tertiary/aromatic N) is 3. The molecule has 2 aromatic carbocycles. The van der Waals surface area contributed by atoms with Gasteiger partial charge in [-0.15, -0.1) is 0 Å². The summed E-state index contributed by atoms with van der Waals surface area (Å²) >= 11 is 0.644. The highest BCUT2D eigenvalue weighted by Crippen LogP contribution is 2.35. The molecule has 1 aromatic heterocycles. The number of hydrogen-bond donors (Lipinski definition) is 0.